The van der Waals surface area contributed by atoms with E-state index in [2.05, 4.69) is 15.9 Å². The van der Waals surface area contributed by atoms with Gasteiger partial charge in [0, 0.05) is 11.0 Å². The summed E-state index contributed by atoms with van der Waals surface area (Å²) in [6, 6.07) is 3.09. The van der Waals surface area contributed by atoms with E-state index in [4.69, 9.17) is 0 Å². The van der Waals surface area contributed by atoms with Crippen LogP contribution in [0.25, 0.3) is 0 Å². The van der Waals surface area contributed by atoms with E-state index in [9.17, 15) is 17.6 Å². The Bertz CT molecular complexity index is 591. The molecule has 1 unspecified atom stereocenters. The number of carbonyl (C=O) groups excluding carboxylic acids is 1. The van der Waals surface area contributed by atoms with Gasteiger partial charge in [-0.2, -0.15) is 4.31 Å². The van der Waals surface area contributed by atoms with Crippen LogP contribution >= 0.6 is 15.9 Å². The van der Waals surface area contributed by atoms with Crippen molar-refractivity contribution in [1.29, 1.82) is 0 Å². The molecule has 1 atom stereocenters. The Labute approximate surface area is 119 Å². The zero-order valence-electron chi connectivity index (χ0n) is 10.1. The molecule has 0 saturated carbocycles. The molecule has 19 heavy (non-hydrogen) atoms. The van der Waals surface area contributed by atoms with Gasteiger partial charge in [0.1, 0.15) is 17.0 Å². The van der Waals surface area contributed by atoms with Crippen molar-refractivity contribution in [2.45, 2.75) is 30.2 Å². The largest absolute Gasteiger partial charge is 0.302 e. The molecule has 0 amide bonds. The number of carbonyl (C=O) groups is 1. The molecule has 1 fully saturated rings. The maximum Gasteiger partial charge on any atom is 0.246 e. The Morgan fingerprint density at radius 1 is 1.37 bits per heavy atom. The number of sulfonamides is 1. The van der Waals surface area contributed by atoms with Crippen LogP contribution in [0.15, 0.2) is 27.6 Å². The Morgan fingerprint density at radius 2 is 2.11 bits per heavy atom. The molecule has 0 N–H and O–H groups in total. The molecule has 4 nitrogen and oxygen atoms in total. The molecule has 0 spiro atoms. The molecular weight excluding hydrogens is 337 g/mol. The highest BCUT2D eigenvalue weighted by molar-refractivity contribution is 9.10. The number of aldehydes is 1. The Balaban J connectivity index is 2.43. The van der Waals surface area contributed by atoms with Gasteiger partial charge in [0.15, 0.2) is 0 Å². The predicted octanol–water partition coefficient (Wildman–Crippen LogP) is 2.33. The molecular formula is C12H13BrFNO3S. The molecule has 1 aliphatic rings. The number of piperidine rings is 1. The fourth-order valence-corrected chi connectivity index (χ4v) is 4.19. The molecule has 0 radical (unpaired) electrons. The van der Waals surface area contributed by atoms with Gasteiger partial charge < -0.3 is 4.79 Å². The Morgan fingerprint density at radius 3 is 2.74 bits per heavy atom. The maximum atomic E-state index is 13.8. The quantitative estimate of drug-likeness (QED) is 0.787. The van der Waals surface area contributed by atoms with Gasteiger partial charge in [0.2, 0.25) is 10.0 Å². The first kappa shape index (κ1) is 14.6. The number of rotatable bonds is 3. The second kappa shape index (κ2) is 5.68. The average Bonchev–Trinajstić information content (AvgIpc) is 2.38. The summed E-state index contributed by atoms with van der Waals surface area (Å²) in [7, 11) is -3.96. The summed E-state index contributed by atoms with van der Waals surface area (Å²) in [5, 5.41) is 0. The summed E-state index contributed by atoms with van der Waals surface area (Å²) in [5.41, 5.74) is 0. The minimum atomic E-state index is -3.96. The van der Waals surface area contributed by atoms with Crippen molar-refractivity contribution in [1.82, 2.24) is 4.31 Å². The number of hydrogen-bond acceptors (Lipinski definition) is 3. The number of nitrogens with zero attached hydrogens (tertiary/aromatic N) is 1. The smallest absolute Gasteiger partial charge is 0.246 e. The molecule has 1 aromatic rings. The number of hydrogen-bond donors (Lipinski definition) is 0. The normalized spacial score (nSPS) is 21.3. The third-order valence-electron chi connectivity index (χ3n) is 3.14. The van der Waals surface area contributed by atoms with Gasteiger partial charge in [-0.05, 0) is 31.0 Å². The SMILES string of the molecule is O=CC1CCCCN1S(=O)(=O)c1ccc(Br)cc1F. The van der Waals surface area contributed by atoms with Crippen LogP contribution in [-0.4, -0.2) is 31.6 Å². The van der Waals surface area contributed by atoms with E-state index in [1.165, 1.54) is 12.1 Å². The van der Waals surface area contributed by atoms with E-state index in [-0.39, 0.29) is 11.4 Å². The van der Waals surface area contributed by atoms with Crippen molar-refractivity contribution < 1.29 is 17.6 Å². The highest BCUT2D eigenvalue weighted by atomic mass is 79.9. The highest BCUT2D eigenvalue weighted by Crippen LogP contribution is 2.27. The minimum Gasteiger partial charge on any atom is -0.302 e. The molecule has 2 rings (SSSR count). The van der Waals surface area contributed by atoms with Gasteiger partial charge in [-0.1, -0.05) is 22.4 Å². The van der Waals surface area contributed by atoms with Crippen LogP contribution < -0.4 is 0 Å². The average molecular weight is 350 g/mol. The van der Waals surface area contributed by atoms with Crippen LogP contribution in [0.5, 0.6) is 0 Å². The van der Waals surface area contributed by atoms with Crippen molar-refractivity contribution in [3.05, 3.63) is 28.5 Å². The third-order valence-corrected chi connectivity index (χ3v) is 5.59. The van der Waals surface area contributed by atoms with E-state index in [1.54, 1.807) is 0 Å². The first-order chi connectivity index (χ1) is 8.96. The van der Waals surface area contributed by atoms with Crippen LogP contribution in [0, 0.1) is 5.82 Å². The van der Waals surface area contributed by atoms with E-state index in [0.29, 0.717) is 23.6 Å². The lowest BCUT2D eigenvalue weighted by atomic mass is 10.1. The molecule has 0 bridgehead atoms. The van der Waals surface area contributed by atoms with E-state index in [0.717, 1.165) is 16.8 Å². The molecule has 1 aliphatic heterocycles. The summed E-state index contributed by atoms with van der Waals surface area (Å²) in [6.07, 6.45) is 2.59. The molecule has 0 aromatic heterocycles. The van der Waals surface area contributed by atoms with Crippen LogP contribution in [0.1, 0.15) is 19.3 Å². The van der Waals surface area contributed by atoms with Crippen molar-refractivity contribution >= 4 is 32.2 Å². The lowest BCUT2D eigenvalue weighted by molar-refractivity contribution is -0.111. The van der Waals surface area contributed by atoms with E-state index >= 15 is 0 Å². The second-order valence-corrected chi connectivity index (χ2v) is 7.16. The molecule has 0 aliphatic carbocycles. The highest BCUT2D eigenvalue weighted by Gasteiger charge is 2.34. The first-order valence-electron chi connectivity index (χ1n) is 5.89. The summed E-state index contributed by atoms with van der Waals surface area (Å²) in [6.45, 7) is 0.251. The van der Waals surface area contributed by atoms with Crippen LogP contribution in [-0.2, 0) is 14.8 Å². The summed E-state index contributed by atoms with van der Waals surface area (Å²) < 4.78 is 40.2. The van der Waals surface area contributed by atoms with E-state index < -0.39 is 21.9 Å². The third kappa shape index (κ3) is 2.88. The van der Waals surface area contributed by atoms with Crippen molar-refractivity contribution in [3.63, 3.8) is 0 Å². The lowest BCUT2D eigenvalue weighted by Gasteiger charge is -2.31. The Kier molecular flexibility index (Phi) is 4.37. The van der Waals surface area contributed by atoms with Gasteiger partial charge in [-0.3, -0.25) is 0 Å². The van der Waals surface area contributed by atoms with Gasteiger partial charge in [0.25, 0.3) is 0 Å². The lowest BCUT2D eigenvalue weighted by Crippen LogP contribution is -2.44. The maximum absolute atomic E-state index is 13.8. The van der Waals surface area contributed by atoms with Crippen LogP contribution in [0.2, 0.25) is 0 Å². The minimum absolute atomic E-state index is 0.251. The zero-order valence-corrected chi connectivity index (χ0v) is 12.5. The van der Waals surface area contributed by atoms with Crippen LogP contribution in [0.3, 0.4) is 0 Å². The van der Waals surface area contributed by atoms with E-state index in [1.807, 2.05) is 0 Å². The monoisotopic (exact) mass is 349 g/mol. The predicted molar refractivity (Wildman–Crippen MR) is 71.7 cm³/mol. The standard InChI is InChI=1S/C12H13BrFNO3S/c13-9-4-5-12(11(14)7-9)19(17,18)15-6-2-1-3-10(15)8-16/h4-5,7-8,10H,1-3,6H2. The van der Waals surface area contributed by atoms with Gasteiger partial charge in [-0.15, -0.1) is 0 Å². The summed E-state index contributed by atoms with van der Waals surface area (Å²) in [4.78, 5) is 10.6. The fourth-order valence-electron chi connectivity index (χ4n) is 2.18. The number of benzene rings is 1. The van der Waals surface area contributed by atoms with Gasteiger partial charge >= 0.3 is 0 Å². The molecule has 1 saturated heterocycles. The van der Waals surface area contributed by atoms with Crippen LogP contribution in [0.4, 0.5) is 4.39 Å². The van der Waals surface area contributed by atoms with Crippen molar-refractivity contribution in [2.24, 2.45) is 0 Å². The second-order valence-electron chi connectivity index (χ2n) is 4.39. The summed E-state index contributed by atoms with van der Waals surface area (Å²) in [5.74, 6) is -0.815. The fraction of sp³-hybridized carbons (Fsp3) is 0.417. The first-order valence-corrected chi connectivity index (χ1v) is 8.12. The molecule has 104 valence electrons. The van der Waals surface area contributed by atoms with Gasteiger partial charge in [-0.25, -0.2) is 12.8 Å². The Hall–Kier alpha value is -0.790. The molecule has 1 aromatic carbocycles. The summed E-state index contributed by atoms with van der Waals surface area (Å²) >= 11 is 3.08. The molecule has 7 heteroatoms. The number of halogens is 2. The van der Waals surface area contributed by atoms with Gasteiger partial charge in [0.05, 0.1) is 6.04 Å². The molecule has 1 heterocycles. The van der Waals surface area contributed by atoms with Crippen molar-refractivity contribution in [3.8, 4) is 0 Å². The topological polar surface area (TPSA) is 54.5 Å². The zero-order chi connectivity index (χ0) is 14.0. The van der Waals surface area contributed by atoms with Crippen molar-refractivity contribution in [2.75, 3.05) is 6.54 Å².